The summed E-state index contributed by atoms with van der Waals surface area (Å²) in [6.45, 7) is 1.97. The number of anilines is 1. The van der Waals surface area contributed by atoms with Crippen molar-refractivity contribution in [3.05, 3.63) is 125 Å². The maximum atomic E-state index is 14.1. The van der Waals surface area contributed by atoms with E-state index in [-0.39, 0.29) is 35.5 Å². The number of benzene rings is 5. The Bertz CT molecular complexity index is 1590. The van der Waals surface area contributed by atoms with E-state index in [9.17, 15) is 9.59 Å². The molecule has 3 heteroatoms. The first-order valence-corrected chi connectivity index (χ1v) is 12.6. The zero-order valence-corrected chi connectivity index (χ0v) is 19.8. The number of amides is 2. The summed E-state index contributed by atoms with van der Waals surface area (Å²) in [5.74, 6) is -1.16. The van der Waals surface area contributed by atoms with Gasteiger partial charge in [0.1, 0.15) is 0 Å². The van der Waals surface area contributed by atoms with Crippen LogP contribution in [0.2, 0.25) is 0 Å². The number of hydrogen-bond acceptors (Lipinski definition) is 2. The molecule has 2 atom stereocenters. The van der Waals surface area contributed by atoms with Gasteiger partial charge in [0.2, 0.25) is 11.8 Å². The van der Waals surface area contributed by atoms with Gasteiger partial charge in [-0.3, -0.25) is 9.59 Å². The van der Waals surface area contributed by atoms with E-state index in [0.717, 1.165) is 5.56 Å². The van der Waals surface area contributed by atoms with Gasteiger partial charge in [-0.25, -0.2) is 4.90 Å². The molecule has 3 nitrogen and oxygen atoms in total. The molecule has 2 bridgehead atoms. The van der Waals surface area contributed by atoms with Crippen molar-refractivity contribution in [2.24, 2.45) is 11.8 Å². The zero-order valence-electron chi connectivity index (χ0n) is 19.8. The van der Waals surface area contributed by atoms with Gasteiger partial charge in [0, 0.05) is 11.8 Å². The third-order valence-electron chi connectivity index (χ3n) is 8.72. The van der Waals surface area contributed by atoms with Gasteiger partial charge in [-0.15, -0.1) is 0 Å². The average molecular weight is 466 g/mol. The van der Waals surface area contributed by atoms with Crippen molar-refractivity contribution < 1.29 is 9.59 Å². The number of carbonyl (C=O) groups excluding carboxylic acids is 2. The summed E-state index contributed by atoms with van der Waals surface area (Å²) >= 11 is 0. The number of carbonyl (C=O) groups is 2. The molecular weight excluding hydrogens is 442 g/mol. The van der Waals surface area contributed by atoms with Gasteiger partial charge in [-0.2, -0.15) is 0 Å². The summed E-state index contributed by atoms with van der Waals surface area (Å²) < 4.78 is 0. The number of para-hydroxylation sites is 1. The van der Waals surface area contributed by atoms with Crippen LogP contribution < -0.4 is 4.90 Å². The molecule has 4 aliphatic rings. The number of nitrogens with zero attached hydrogens (tertiary/aromatic N) is 1. The third kappa shape index (κ3) is 2.42. The standard InChI is InChI=1S/C33H23NO2/c1-18-8-2-7-13-27(18)34-32(35)30-28-23-14-19-9-3-4-10-20(19)15-24(23)29(31(30)33(34)36)26-17-22-12-6-5-11-21(22)16-25(26)28/h2-17,28-31H,1H3/t28?,29?,30-,31+. The van der Waals surface area contributed by atoms with Crippen molar-refractivity contribution in [3.63, 3.8) is 0 Å². The van der Waals surface area contributed by atoms with Crippen LogP contribution >= 0.6 is 0 Å². The fourth-order valence-electron chi connectivity index (χ4n) is 7.20. The Morgan fingerprint density at radius 3 is 1.28 bits per heavy atom. The predicted molar refractivity (Wildman–Crippen MR) is 142 cm³/mol. The first-order valence-electron chi connectivity index (χ1n) is 12.6. The van der Waals surface area contributed by atoms with Crippen LogP contribution in [0, 0.1) is 18.8 Å². The molecule has 0 saturated carbocycles. The summed E-state index contributed by atoms with van der Waals surface area (Å²) in [7, 11) is 0. The highest BCUT2D eigenvalue weighted by Gasteiger charge is 2.62. The third-order valence-corrected chi connectivity index (χ3v) is 8.72. The molecular formula is C33H23NO2. The van der Waals surface area contributed by atoms with E-state index in [1.165, 1.54) is 48.7 Å². The molecule has 0 N–H and O–H groups in total. The quantitative estimate of drug-likeness (QED) is 0.258. The average Bonchev–Trinajstić information content (AvgIpc) is 3.16. The number of fused-ring (bicyclic) bond motifs is 2. The van der Waals surface area contributed by atoms with Crippen LogP contribution in [0.3, 0.4) is 0 Å². The minimum absolute atomic E-state index is 0.0630. The lowest BCUT2D eigenvalue weighted by Gasteiger charge is -2.46. The number of imide groups is 1. The van der Waals surface area contributed by atoms with Crippen LogP contribution in [-0.4, -0.2) is 11.8 Å². The molecule has 1 fully saturated rings. The van der Waals surface area contributed by atoms with Crippen LogP contribution in [0.1, 0.15) is 39.7 Å². The largest absolute Gasteiger partial charge is 0.274 e. The summed E-state index contributed by atoms with van der Waals surface area (Å²) in [6.07, 6.45) is 0. The summed E-state index contributed by atoms with van der Waals surface area (Å²) in [5, 5.41) is 4.70. The Labute approximate surface area is 209 Å². The first-order chi connectivity index (χ1) is 17.6. The molecule has 2 amide bonds. The Morgan fingerprint density at radius 2 is 0.889 bits per heavy atom. The molecule has 0 unspecified atom stereocenters. The van der Waals surface area contributed by atoms with Crippen molar-refractivity contribution in [2.75, 3.05) is 4.90 Å². The van der Waals surface area contributed by atoms with Crippen LogP contribution in [0.5, 0.6) is 0 Å². The Morgan fingerprint density at radius 1 is 0.528 bits per heavy atom. The van der Waals surface area contributed by atoms with Gasteiger partial charge in [-0.1, -0.05) is 91.0 Å². The minimum Gasteiger partial charge on any atom is -0.274 e. The zero-order chi connectivity index (χ0) is 24.1. The minimum atomic E-state index is -0.385. The smallest absolute Gasteiger partial charge is 0.238 e. The Balaban J connectivity index is 1.42. The van der Waals surface area contributed by atoms with Gasteiger partial charge < -0.3 is 0 Å². The molecule has 0 aromatic heterocycles. The predicted octanol–water partition coefficient (Wildman–Crippen LogP) is 6.70. The normalized spacial score (nSPS) is 23.8. The van der Waals surface area contributed by atoms with Crippen molar-refractivity contribution in [1.29, 1.82) is 0 Å². The molecule has 9 rings (SSSR count). The molecule has 1 aliphatic heterocycles. The fourth-order valence-corrected chi connectivity index (χ4v) is 7.20. The molecule has 1 saturated heterocycles. The van der Waals surface area contributed by atoms with Crippen LogP contribution in [0.15, 0.2) is 97.1 Å². The number of rotatable bonds is 1. The van der Waals surface area contributed by atoms with Crippen molar-refractivity contribution in [1.82, 2.24) is 0 Å². The molecule has 36 heavy (non-hydrogen) atoms. The topological polar surface area (TPSA) is 37.4 Å². The summed E-state index contributed by atoms with van der Waals surface area (Å²) in [4.78, 5) is 29.8. The van der Waals surface area contributed by atoms with Crippen molar-refractivity contribution >= 4 is 39.0 Å². The molecule has 172 valence electrons. The van der Waals surface area contributed by atoms with Crippen LogP contribution in [-0.2, 0) is 9.59 Å². The fraction of sp³-hybridized carbons (Fsp3) is 0.152. The lowest BCUT2D eigenvalue weighted by Crippen LogP contribution is -2.41. The maximum absolute atomic E-state index is 14.1. The molecule has 0 radical (unpaired) electrons. The van der Waals surface area contributed by atoms with Crippen molar-refractivity contribution in [2.45, 2.75) is 18.8 Å². The molecule has 5 aromatic carbocycles. The second kappa shape index (κ2) is 6.92. The van der Waals surface area contributed by atoms with Gasteiger partial charge in [0.05, 0.1) is 17.5 Å². The molecule has 3 aliphatic carbocycles. The number of aryl methyl sites for hydroxylation is 1. The first kappa shape index (κ1) is 20.0. The maximum Gasteiger partial charge on any atom is 0.238 e. The Hall–Kier alpha value is -4.24. The van der Waals surface area contributed by atoms with E-state index < -0.39 is 0 Å². The Kier molecular flexibility index (Phi) is 3.84. The number of hydrogen-bond donors (Lipinski definition) is 0. The van der Waals surface area contributed by atoms with E-state index in [1.54, 1.807) is 0 Å². The van der Waals surface area contributed by atoms with Gasteiger partial charge in [-0.05, 0) is 62.4 Å². The summed E-state index contributed by atoms with van der Waals surface area (Å²) in [6, 6.07) is 33.6. The van der Waals surface area contributed by atoms with Crippen LogP contribution in [0.4, 0.5) is 5.69 Å². The highest BCUT2D eigenvalue weighted by molar-refractivity contribution is 6.24. The second-order valence-electron chi connectivity index (χ2n) is 10.5. The van der Waals surface area contributed by atoms with Crippen LogP contribution in [0.25, 0.3) is 21.5 Å². The molecule has 1 heterocycles. The lowest BCUT2D eigenvalue weighted by atomic mass is 9.54. The second-order valence-corrected chi connectivity index (χ2v) is 10.5. The molecule has 5 aromatic rings. The van der Waals surface area contributed by atoms with E-state index in [1.807, 2.05) is 31.2 Å². The van der Waals surface area contributed by atoms with Crippen molar-refractivity contribution in [3.8, 4) is 0 Å². The molecule has 0 spiro atoms. The SMILES string of the molecule is Cc1ccccc1N1C(=O)[C@@H]2C3c4cc5ccccc5cc4C(c4cc5ccccc5cc43)[C@@H]2C1=O. The highest BCUT2D eigenvalue weighted by Crippen LogP contribution is 2.62. The van der Waals surface area contributed by atoms with E-state index >= 15 is 0 Å². The monoisotopic (exact) mass is 465 g/mol. The van der Waals surface area contributed by atoms with E-state index in [2.05, 4.69) is 72.8 Å². The van der Waals surface area contributed by atoms with Gasteiger partial charge >= 0.3 is 0 Å². The van der Waals surface area contributed by atoms with Gasteiger partial charge in [0.25, 0.3) is 0 Å². The lowest BCUT2D eigenvalue weighted by molar-refractivity contribution is -0.122. The highest BCUT2D eigenvalue weighted by atomic mass is 16.2. The van der Waals surface area contributed by atoms with E-state index in [4.69, 9.17) is 0 Å². The summed E-state index contributed by atoms with van der Waals surface area (Å²) in [5.41, 5.74) is 6.47. The van der Waals surface area contributed by atoms with Gasteiger partial charge in [0.15, 0.2) is 0 Å². The van der Waals surface area contributed by atoms with E-state index in [0.29, 0.717) is 5.69 Å².